The van der Waals surface area contributed by atoms with Gasteiger partial charge in [0.25, 0.3) is 0 Å². The molecular weight excluding hydrogens is 351 g/mol. The summed E-state index contributed by atoms with van der Waals surface area (Å²) in [5.74, 6) is 1.40. The van der Waals surface area contributed by atoms with E-state index in [1.165, 1.54) is 12.0 Å². The van der Waals surface area contributed by atoms with Crippen molar-refractivity contribution in [1.82, 2.24) is 0 Å². The maximum atomic E-state index is 5.84. The van der Waals surface area contributed by atoms with Gasteiger partial charge in [-0.2, -0.15) is 0 Å². The highest BCUT2D eigenvalue weighted by Gasteiger charge is 2.15. The summed E-state index contributed by atoms with van der Waals surface area (Å²) in [7, 11) is 0. The van der Waals surface area contributed by atoms with Crippen LogP contribution in [0, 0.1) is 0 Å². The van der Waals surface area contributed by atoms with Gasteiger partial charge in [-0.05, 0) is 41.0 Å². The number of allylic oxidation sites excluding steroid dienone is 1. The van der Waals surface area contributed by atoms with Crippen LogP contribution in [0.1, 0.15) is 44.1 Å². The van der Waals surface area contributed by atoms with Crippen molar-refractivity contribution in [2.45, 2.75) is 44.8 Å². The van der Waals surface area contributed by atoms with Gasteiger partial charge in [0.15, 0.2) is 6.29 Å². The summed E-state index contributed by atoms with van der Waals surface area (Å²) in [5, 5.41) is 0. The second-order valence-electron chi connectivity index (χ2n) is 4.82. The highest BCUT2D eigenvalue weighted by molar-refractivity contribution is 14.1. The lowest BCUT2D eigenvalue weighted by Crippen LogP contribution is -2.24. The Bertz CT molecular complexity index is 394. The first-order chi connectivity index (χ1) is 9.33. The average Bonchev–Trinajstić information content (AvgIpc) is 2.47. The zero-order valence-electron chi connectivity index (χ0n) is 11.3. The summed E-state index contributed by atoms with van der Waals surface area (Å²) in [4.78, 5) is 0. The molecule has 0 radical (unpaired) electrons. The SMILES string of the molecule is CCC(/C=C/I)c1ccc(OC2CCCCO2)cc1. The molecule has 1 aromatic carbocycles. The Hall–Kier alpha value is -0.550. The molecule has 0 aromatic heterocycles. The lowest BCUT2D eigenvalue weighted by molar-refractivity contribution is -0.105. The molecule has 1 fully saturated rings. The number of hydrogen-bond donors (Lipinski definition) is 0. The third-order valence-electron chi connectivity index (χ3n) is 3.46. The van der Waals surface area contributed by atoms with Gasteiger partial charge in [0.05, 0.1) is 6.61 Å². The summed E-state index contributed by atoms with van der Waals surface area (Å²) in [6.45, 7) is 3.03. The lowest BCUT2D eigenvalue weighted by atomic mass is 9.97. The van der Waals surface area contributed by atoms with Crippen molar-refractivity contribution >= 4 is 22.6 Å². The summed E-state index contributed by atoms with van der Waals surface area (Å²) >= 11 is 2.27. The van der Waals surface area contributed by atoms with Crippen LogP contribution >= 0.6 is 22.6 Å². The molecule has 3 heteroatoms. The fourth-order valence-electron chi connectivity index (χ4n) is 2.32. The number of ether oxygens (including phenoxy) is 2. The van der Waals surface area contributed by atoms with Gasteiger partial charge < -0.3 is 9.47 Å². The van der Waals surface area contributed by atoms with E-state index < -0.39 is 0 Å². The van der Waals surface area contributed by atoms with Gasteiger partial charge in [0.2, 0.25) is 0 Å². The maximum absolute atomic E-state index is 5.84. The molecule has 1 aliphatic heterocycles. The Kier molecular flexibility index (Phi) is 6.17. The molecule has 104 valence electrons. The Labute approximate surface area is 129 Å². The van der Waals surface area contributed by atoms with Gasteiger partial charge in [0.1, 0.15) is 5.75 Å². The maximum Gasteiger partial charge on any atom is 0.199 e. The second-order valence-corrected chi connectivity index (χ2v) is 5.54. The van der Waals surface area contributed by atoms with Gasteiger partial charge in [-0.3, -0.25) is 0 Å². The Morgan fingerprint density at radius 2 is 2.16 bits per heavy atom. The molecule has 1 heterocycles. The molecular formula is C16H21IO2. The molecule has 0 spiro atoms. The molecule has 0 bridgehead atoms. The van der Waals surface area contributed by atoms with Gasteiger partial charge >= 0.3 is 0 Å². The van der Waals surface area contributed by atoms with Gasteiger partial charge in [-0.25, -0.2) is 0 Å². The fraction of sp³-hybridized carbons (Fsp3) is 0.500. The molecule has 19 heavy (non-hydrogen) atoms. The van der Waals surface area contributed by atoms with Crippen molar-refractivity contribution in [3.05, 3.63) is 40.0 Å². The van der Waals surface area contributed by atoms with Crippen LogP contribution in [0.3, 0.4) is 0 Å². The van der Waals surface area contributed by atoms with Crippen molar-refractivity contribution in [3.8, 4) is 5.75 Å². The van der Waals surface area contributed by atoms with E-state index in [4.69, 9.17) is 9.47 Å². The molecule has 1 aliphatic rings. The van der Waals surface area contributed by atoms with Crippen molar-refractivity contribution in [3.63, 3.8) is 0 Å². The van der Waals surface area contributed by atoms with Crippen LogP contribution < -0.4 is 4.74 Å². The number of halogens is 1. The van der Waals surface area contributed by atoms with Crippen molar-refractivity contribution in [2.24, 2.45) is 0 Å². The monoisotopic (exact) mass is 372 g/mol. The molecule has 2 rings (SSSR count). The third-order valence-corrected chi connectivity index (χ3v) is 3.87. The van der Waals surface area contributed by atoms with E-state index in [1.54, 1.807) is 0 Å². The normalized spacial score (nSPS) is 21.5. The Morgan fingerprint density at radius 3 is 2.74 bits per heavy atom. The molecule has 2 unspecified atom stereocenters. The zero-order chi connectivity index (χ0) is 13.5. The molecule has 2 nitrogen and oxygen atoms in total. The van der Waals surface area contributed by atoms with Crippen LogP contribution in [0.4, 0.5) is 0 Å². The van der Waals surface area contributed by atoms with E-state index in [1.807, 2.05) is 0 Å². The van der Waals surface area contributed by atoms with Crippen LogP contribution in [-0.4, -0.2) is 12.9 Å². The molecule has 0 saturated carbocycles. The number of hydrogen-bond acceptors (Lipinski definition) is 2. The minimum atomic E-state index is -0.0594. The highest BCUT2D eigenvalue weighted by atomic mass is 127. The molecule has 0 N–H and O–H groups in total. The predicted molar refractivity (Wildman–Crippen MR) is 86.9 cm³/mol. The minimum Gasteiger partial charge on any atom is -0.465 e. The van der Waals surface area contributed by atoms with Crippen LogP contribution in [0.15, 0.2) is 34.4 Å². The average molecular weight is 372 g/mol. The van der Waals surface area contributed by atoms with E-state index in [9.17, 15) is 0 Å². The fourth-order valence-corrected chi connectivity index (χ4v) is 2.82. The summed E-state index contributed by atoms with van der Waals surface area (Å²) in [6.07, 6.45) is 6.64. The van der Waals surface area contributed by atoms with Crippen LogP contribution in [0.5, 0.6) is 5.75 Å². The number of benzene rings is 1. The van der Waals surface area contributed by atoms with Gasteiger partial charge in [0, 0.05) is 12.3 Å². The zero-order valence-corrected chi connectivity index (χ0v) is 13.5. The van der Waals surface area contributed by atoms with E-state index in [-0.39, 0.29) is 6.29 Å². The molecule has 0 amide bonds. The Morgan fingerprint density at radius 1 is 1.37 bits per heavy atom. The largest absolute Gasteiger partial charge is 0.465 e. The first kappa shape index (κ1) is 14.9. The quantitative estimate of drug-likeness (QED) is 0.675. The van der Waals surface area contributed by atoms with E-state index in [2.05, 4.69) is 63.9 Å². The predicted octanol–water partition coefficient (Wildman–Crippen LogP) is 5.03. The van der Waals surface area contributed by atoms with Crippen molar-refractivity contribution in [2.75, 3.05) is 6.61 Å². The van der Waals surface area contributed by atoms with Crippen LogP contribution in [-0.2, 0) is 4.74 Å². The van der Waals surface area contributed by atoms with Gasteiger partial charge in [-0.1, -0.05) is 47.7 Å². The molecule has 0 aliphatic carbocycles. The smallest absolute Gasteiger partial charge is 0.199 e. The molecule has 1 saturated heterocycles. The minimum absolute atomic E-state index is 0.0594. The van der Waals surface area contributed by atoms with Gasteiger partial charge in [-0.15, -0.1) is 0 Å². The highest BCUT2D eigenvalue weighted by Crippen LogP contribution is 2.25. The standard InChI is InChI=1S/C16H21IO2/c1-2-13(10-11-17)14-6-8-15(9-7-14)19-16-5-3-4-12-18-16/h6-11,13,16H,2-5,12H2,1H3/b11-10+. The van der Waals surface area contributed by atoms with Crippen molar-refractivity contribution < 1.29 is 9.47 Å². The van der Waals surface area contributed by atoms with Crippen molar-refractivity contribution in [1.29, 1.82) is 0 Å². The summed E-state index contributed by atoms with van der Waals surface area (Å²) in [6, 6.07) is 8.42. The molecule has 2 atom stereocenters. The van der Waals surface area contributed by atoms with E-state index >= 15 is 0 Å². The summed E-state index contributed by atoms with van der Waals surface area (Å²) < 4.78 is 13.5. The topological polar surface area (TPSA) is 18.5 Å². The first-order valence-corrected chi connectivity index (χ1v) is 8.23. The lowest BCUT2D eigenvalue weighted by Gasteiger charge is -2.23. The van der Waals surface area contributed by atoms with Crippen LogP contribution in [0.2, 0.25) is 0 Å². The second kappa shape index (κ2) is 7.90. The van der Waals surface area contributed by atoms with E-state index in [0.29, 0.717) is 5.92 Å². The van der Waals surface area contributed by atoms with E-state index in [0.717, 1.165) is 31.6 Å². The first-order valence-electron chi connectivity index (χ1n) is 6.98. The summed E-state index contributed by atoms with van der Waals surface area (Å²) in [5.41, 5.74) is 1.34. The third kappa shape index (κ3) is 4.49. The van der Waals surface area contributed by atoms with Crippen LogP contribution in [0.25, 0.3) is 0 Å². The Balaban J connectivity index is 1.97. The molecule has 1 aromatic rings. The number of rotatable bonds is 5.